The minimum Gasteiger partial charge on any atom is -0.481 e. The molecule has 1 unspecified atom stereocenters. The number of carbonyl (C=O) groups is 1. The minimum absolute atomic E-state index is 0.0269. The SMILES string of the molecule is CN1CCc2c(cc(Nc3ncc(Cl)c(N4CC(C)(CC(=O)O)c5ccccc54)n3)cc2C2CC(F)(F)C2)C1. The summed E-state index contributed by atoms with van der Waals surface area (Å²) in [7, 11) is 2.06. The van der Waals surface area contributed by atoms with Gasteiger partial charge < -0.3 is 20.2 Å². The molecule has 3 aliphatic rings. The summed E-state index contributed by atoms with van der Waals surface area (Å²) in [6, 6.07) is 11.7. The van der Waals surface area contributed by atoms with Gasteiger partial charge in [-0.3, -0.25) is 4.79 Å². The van der Waals surface area contributed by atoms with Gasteiger partial charge in [-0.15, -0.1) is 0 Å². The lowest BCUT2D eigenvalue weighted by molar-refractivity contribution is -0.138. The van der Waals surface area contributed by atoms with Crippen LogP contribution in [0.2, 0.25) is 5.02 Å². The Morgan fingerprint density at radius 3 is 2.77 bits per heavy atom. The molecule has 1 fully saturated rings. The molecule has 3 heterocycles. The van der Waals surface area contributed by atoms with E-state index in [1.165, 1.54) is 11.8 Å². The molecule has 2 N–H and O–H groups in total. The molecule has 3 aromatic rings. The number of aliphatic carboxylic acids is 1. The molecule has 6 rings (SSSR count). The number of aromatic nitrogens is 2. The molecule has 1 atom stereocenters. The molecule has 0 spiro atoms. The van der Waals surface area contributed by atoms with Crippen molar-refractivity contribution in [1.82, 2.24) is 14.9 Å². The fourth-order valence-electron chi connectivity index (χ4n) is 6.34. The Hall–Kier alpha value is -3.30. The van der Waals surface area contributed by atoms with E-state index in [1.54, 1.807) is 0 Å². The van der Waals surface area contributed by atoms with E-state index in [1.807, 2.05) is 42.2 Å². The van der Waals surface area contributed by atoms with Gasteiger partial charge in [0.05, 0.1) is 12.6 Å². The fourth-order valence-corrected chi connectivity index (χ4v) is 6.53. The van der Waals surface area contributed by atoms with E-state index in [0.717, 1.165) is 47.6 Å². The number of nitrogens with one attached hydrogen (secondary N) is 1. The molecule has 0 amide bonds. The van der Waals surface area contributed by atoms with Crippen LogP contribution in [0.15, 0.2) is 42.6 Å². The Labute approximate surface area is 230 Å². The van der Waals surface area contributed by atoms with E-state index in [4.69, 9.17) is 16.6 Å². The largest absolute Gasteiger partial charge is 0.481 e. The number of anilines is 4. The number of benzene rings is 2. The number of hydrogen-bond acceptors (Lipinski definition) is 6. The van der Waals surface area contributed by atoms with Crippen LogP contribution in [0.3, 0.4) is 0 Å². The maximum absolute atomic E-state index is 13.8. The Balaban J connectivity index is 1.34. The highest BCUT2D eigenvalue weighted by Crippen LogP contribution is 2.51. The second-order valence-corrected chi connectivity index (χ2v) is 11.8. The van der Waals surface area contributed by atoms with Crippen LogP contribution < -0.4 is 10.2 Å². The van der Waals surface area contributed by atoms with Crippen LogP contribution >= 0.6 is 11.6 Å². The summed E-state index contributed by atoms with van der Waals surface area (Å²) in [6.07, 6.45) is 2.10. The summed E-state index contributed by atoms with van der Waals surface area (Å²) in [5.41, 5.74) is 5.22. The summed E-state index contributed by atoms with van der Waals surface area (Å²) in [5, 5.41) is 13.2. The van der Waals surface area contributed by atoms with Gasteiger partial charge in [0.25, 0.3) is 0 Å². The quantitative estimate of drug-likeness (QED) is 0.373. The average Bonchev–Trinajstić information content (AvgIpc) is 3.14. The second-order valence-electron chi connectivity index (χ2n) is 11.4. The molecule has 204 valence electrons. The van der Waals surface area contributed by atoms with Crippen molar-refractivity contribution in [2.75, 3.05) is 30.4 Å². The minimum atomic E-state index is -2.60. The Morgan fingerprint density at radius 1 is 1.26 bits per heavy atom. The highest BCUT2D eigenvalue weighted by molar-refractivity contribution is 6.33. The molecule has 7 nitrogen and oxygen atoms in total. The monoisotopic (exact) mass is 553 g/mol. The molecular weight excluding hydrogens is 524 g/mol. The first kappa shape index (κ1) is 26.0. The summed E-state index contributed by atoms with van der Waals surface area (Å²) in [5.74, 6) is -2.82. The maximum Gasteiger partial charge on any atom is 0.304 e. The number of rotatable bonds is 6. The zero-order valence-corrected chi connectivity index (χ0v) is 22.6. The van der Waals surface area contributed by atoms with Gasteiger partial charge in [-0.2, -0.15) is 4.98 Å². The first-order chi connectivity index (χ1) is 18.5. The molecule has 2 aromatic carbocycles. The average molecular weight is 554 g/mol. The molecule has 0 radical (unpaired) electrons. The summed E-state index contributed by atoms with van der Waals surface area (Å²) in [4.78, 5) is 25.0. The van der Waals surface area contributed by atoms with E-state index < -0.39 is 17.3 Å². The van der Waals surface area contributed by atoms with Crippen molar-refractivity contribution in [2.24, 2.45) is 0 Å². The van der Waals surface area contributed by atoms with Gasteiger partial charge in [0.1, 0.15) is 5.02 Å². The maximum atomic E-state index is 13.8. The highest BCUT2D eigenvalue weighted by Gasteiger charge is 2.47. The molecule has 1 aromatic heterocycles. The number of likely N-dealkylation sites (N-methyl/N-ethyl adjacent to an activating group) is 1. The van der Waals surface area contributed by atoms with Crippen LogP contribution in [0.25, 0.3) is 0 Å². The number of carboxylic acid groups (broad SMARTS) is 1. The molecule has 0 saturated heterocycles. The van der Waals surface area contributed by atoms with E-state index in [9.17, 15) is 18.7 Å². The lowest BCUT2D eigenvalue weighted by Gasteiger charge is -2.38. The third kappa shape index (κ3) is 4.82. The first-order valence-electron chi connectivity index (χ1n) is 13.1. The van der Waals surface area contributed by atoms with Crippen LogP contribution in [0.4, 0.5) is 31.9 Å². The van der Waals surface area contributed by atoms with Gasteiger partial charge in [0.15, 0.2) is 5.82 Å². The number of hydrogen-bond donors (Lipinski definition) is 2. The number of carboxylic acids is 1. The van der Waals surface area contributed by atoms with Crippen molar-refractivity contribution in [3.8, 4) is 0 Å². The van der Waals surface area contributed by atoms with Crippen LogP contribution in [0.1, 0.15) is 54.4 Å². The summed E-state index contributed by atoms with van der Waals surface area (Å²) >= 11 is 6.59. The number of fused-ring (bicyclic) bond motifs is 2. The van der Waals surface area contributed by atoms with Crippen molar-refractivity contribution in [1.29, 1.82) is 0 Å². The summed E-state index contributed by atoms with van der Waals surface area (Å²) < 4.78 is 27.6. The predicted molar refractivity (Wildman–Crippen MR) is 147 cm³/mol. The highest BCUT2D eigenvalue weighted by atomic mass is 35.5. The van der Waals surface area contributed by atoms with Crippen molar-refractivity contribution in [2.45, 2.75) is 56.4 Å². The van der Waals surface area contributed by atoms with Crippen LogP contribution in [0.5, 0.6) is 0 Å². The van der Waals surface area contributed by atoms with Crippen molar-refractivity contribution in [3.05, 3.63) is 69.9 Å². The van der Waals surface area contributed by atoms with Crippen molar-refractivity contribution < 1.29 is 18.7 Å². The van der Waals surface area contributed by atoms with Gasteiger partial charge in [0.2, 0.25) is 11.9 Å². The van der Waals surface area contributed by atoms with E-state index in [2.05, 4.69) is 28.3 Å². The standard InChI is InChI=1S/C29H30ClF2N5O2/c1-28(13-25(38)39)16-37(24-6-4-3-5-22(24)28)26-23(30)14-33-27(35-26)34-19-9-17-15-36(2)8-7-20(17)21(10-19)18-11-29(31,32)12-18/h3-6,9-10,14,18H,7-8,11-13,15-16H2,1-2H3,(H,38,39)(H,33,34,35). The zero-order chi connectivity index (χ0) is 27.5. The third-order valence-corrected chi connectivity index (χ3v) is 8.49. The molecule has 2 aliphatic heterocycles. The fraction of sp³-hybridized carbons (Fsp3) is 0.414. The van der Waals surface area contributed by atoms with E-state index in [-0.39, 0.29) is 25.2 Å². The lowest BCUT2D eigenvalue weighted by Crippen LogP contribution is -2.35. The smallest absolute Gasteiger partial charge is 0.304 e. The zero-order valence-electron chi connectivity index (χ0n) is 21.8. The number of nitrogens with zero attached hydrogens (tertiary/aromatic N) is 4. The van der Waals surface area contributed by atoms with Crippen LogP contribution in [-0.2, 0) is 23.2 Å². The topological polar surface area (TPSA) is 81.6 Å². The predicted octanol–water partition coefficient (Wildman–Crippen LogP) is 6.26. The summed E-state index contributed by atoms with van der Waals surface area (Å²) in [6.45, 7) is 3.99. The Bertz CT molecular complexity index is 1460. The van der Waals surface area contributed by atoms with Gasteiger partial charge in [-0.05, 0) is 59.8 Å². The third-order valence-electron chi connectivity index (χ3n) is 8.22. The van der Waals surface area contributed by atoms with E-state index >= 15 is 0 Å². The Kier molecular flexibility index (Phi) is 6.26. The van der Waals surface area contributed by atoms with Crippen LogP contribution in [-0.4, -0.2) is 52.0 Å². The molecule has 10 heteroatoms. The molecular formula is C29H30ClF2N5O2. The lowest BCUT2D eigenvalue weighted by atomic mass is 9.73. The van der Waals surface area contributed by atoms with Crippen molar-refractivity contribution >= 4 is 40.7 Å². The normalized spacial score (nSPS) is 22.2. The van der Waals surface area contributed by atoms with Crippen molar-refractivity contribution in [3.63, 3.8) is 0 Å². The van der Waals surface area contributed by atoms with Gasteiger partial charge >= 0.3 is 5.97 Å². The molecule has 1 aliphatic carbocycles. The number of para-hydroxylation sites is 1. The first-order valence-corrected chi connectivity index (χ1v) is 13.5. The molecule has 0 bridgehead atoms. The molecule has 1 saturated carbocycles. The Morgan fingerprint density at radius 2 is 2.03 bits per heavy atom. The van der Waals surface area contributed by atoms with Gasteiger partial charge in [-0.1, -0.05) is 36.7 Å². The van der Waals surface area contributed by atoms with Gasteiger partial charge in [-0.25, -0.2) is 13.8 Å². The molecule has 39 heavy (non-hydrogen) atoms. The van der Waals surface area contributed by atoms with E-state index in [0.29, 0.717) is 23.3 Å². The second kappa shape index (κ2) is 9.41. The number of halogens is 3. The van der Waals surface area contributed by atoms with Gasteiger partial charge in [0, 0.05) is 49.3 Å². The number of alkyl halides is 2. The van der Waals surface area contributed by atoms with Crippen LogP contribution in [0, 0.1) is 0 Å².